The van der Waals surface area contributed by atoms with Gasteiger partial charge in [-0.05, 0) is 25.0 Å². The van der Waals surface area contributed by atoms with Gasteiger partial charge in [0, 0.05) is 37.2 Å². The number of nitrogens with zero attached hydrogens (tertiary/aromatic N) is 2. The van der Waals surface area contributed by atoms with E-state index in [4.69, 9.17) is 14.2 Å². The predicted molar refractivity (Wildman–Crippen MR) is 90.7 cm³/mol. The number of aromatic nitrogens is 2. The lowest BCUT2D eigenvalue weighted by atomic mass is 10.2. The van der Waals surface area contributed by atoms with Gasteiger partial charge in [-0.25, -0.2) is 9.97 Å². The summed E-state index contributed by atoms with van der Waals surface area (Å²) in [6.45, 7) is 1.61. The van der Waals surface area contributed by atoms with Gasteiger partial charge in [0.15, 0.2) is 0 Å². The average Bonchev–Trinajstić information content (AvgIpc) is 3.18. The molecule has 25 heavy (non-hydrogen) atoms. The molecule has 1 N–H and O–H groups in total. The van der Waals surface area contributed by atoms with Crippen LogP contribution in [0.3, 0.4) is 0 Å². The molecule has 3 rings (SSSR count). The van der Waals surface area contributed by atoms with Gasteiger partial charge < -0.3 is 19.5 Å². The van der Waals surface area contributed by atoms with E-state index in [2.05, 4.69) is 15.3 Å². The smallest absolute Gasteiger partial charge is 0.253 e. The molecule has 0 unspecified atom stereocenters. The Labute approximate surface area is 146 Å². The monoisotopic (exact) mass is 343 g/mol. The summed E-state index contributed by atoms with van der Waals surface area (Å²) < 4.78 is 16.3. The first-order chi connectivity index (χ1) is 12.3. The third-order valence-electron chi connectivity index (χ3n) is 3.92. The molecular weight excluding hydrogens is 322 g/mol. The summed E-state index contributed by atoms with van der Waals surface area (Å²) in [6, 6.07) is 7.03. The van der Waals surface area contributed by atoms with E-state index in [1.807, 2.05) is 6.07 Å². The van der Waals surface area contributed by atoms with Crippen LogP contribution in [0.2, 0.25) is 0 Å². The second-order valence-electron chi connectivity index (χ2n) is 5.69. The highest BCUT2D eigenvalue weighted by Gasteiger charge is 2.16. The number of pyridine rings is 2. The largest absolute Gasteiger partial charge is 0.481 e. The van der Waals surface area contributed by atoms with Crippen molar-refractivity contribution in [2.45, 2.75) is 25.5 Å². The zero-order chi connectivity index (χ0) is 17.5. The molecule has 2 aromatic heterocycles. The Balaban J connectivity index is 1.51. The van der Waals surface area contributed by atoms with Crippen molar-refractivity contribution in [1.82, 2.24) is 15.3 Å². The van der Waals surface area contributed by atoms with Gasteiger partial charge in [-0.3, -0.25) is 4.79 Å². The van der Waals surface area contributed by atoms with Crippen LogP contribution >= 0.6 is 0 Å². The molecule has 1 saturated heterocycles. The van der Waals surface area contributed by atoms with Crippen molar-refractivity contribution in [3.63, 3.8) is 0 Å². The van der Waals surface area contributed by atoms with E-state index in [1.54, 1.807) is 31.5 Å². The van der Waals surface area contributed by atoms with Crippen LogP contribution in [0.1, 0.15) is 28.8 Å². The summed E-state index contributed by atoms with van der Waals surface area (Å²) in [4.78, 5) is 20.5. The molecule has 7 heteroatoms. The van der Waals surface area contributed by atoms with Crippen molar-refractivity contribution in [3.05, 3.63) is 47.8 Å². The quantitative estimate of drug-likeness (QED) is 0.828. The maximum Gasteiger partial charge on any atom is 0.253 e. The first-order valence-electron chi connectivity index (χ1n) is 8.23. The van der Waals surface area contributed by atoms with Crippen molar-refractivity contribution in [3.8, 4) is 11.8 Å². The maximum absolute atomic E-state index is 12.2. The van der Waals surface area contributed by atoms with E-state index in [0.29, 0.717) is 30.5 Å². The molecule has 0 radical (unpaired) electrons. The number of carbonyl (C=O) groups excluding carboxylic acids is 1. The Hall–Kier alpha value is -2.67. The molecule has 0 aromatic carbocycles. The summed E-state index contributed by atoms with van der Waals surface area (Å²) in [5, 5.41) is 2.83. The van der Waals surface area contributed by atoms with Gasteiger partial charge >= 0.3 is 0 Å². The van der Waals surface area contributed by atoms with Crippen molar-refractivity contribution >= 4 is 5.91 Å². The lowest BCUT2D eigenvalue weighted by Crippen LogP contribution is -2.23. The number of rotatable bonds is 7. The van der Waals surface area contributed by atoms with Gasteiger partial charge in [0.25, 0.3) is 5.91 Å². The number of ether oxygens (including phenoxy) is 3. The third kappa shape index (κ3) is 4.67. The SMILES string of the molecule is COc1ncccc1CNC(=O)c1ccc(OC[C@@H]2CCCO2)nc1. The van der Waals surface area contributed by atoms with E-state index < -0.39 is 0 Å². The summed E-state index contributed by atoms with van der Waals surface area (Å²) in [5.74, 6) is 0.767. The van der Waals surface area contributed by atoms with Crippen LogP contribution in [-0.2, 0) is 11.3 Å². The number of hydrogen-bond donors (Lipinski definition) is 1. The lowest BCUT2D eigenvalue weighted by Gasteiger charge is -2.11. The van der Waals surface area contributed by atoms with Crippen LogP contribution in [0.15, 0.2) is 36.7 Å². The summed E-state index contributed by atoms with van der Waals surface area (Å²) in [7, 11) is 1.55. The molecule has 2 aromatic rings. The fraction of sp³-hybridized carbons (Fsp3) is 0.389. The van der Waals surface area contributed by atoms with Gasteiger partial charge in [-0.1, -0.05) is 6.07 Å². The fourth-order valence-electron chi connectivity index (χ4n) is 2.57. The van der Waals surface area contributed by atoms with Crippen molar-refractivity contribution in [2.24, 2.45) is 0 Å². The molecule has 1 atom stereocenters. The minimum absolute atomic E-state index is 0.138. The van der Waals surface area contributed by atoms with E-state index in [0.717, 1.165) is 25.0 Å². The minimum atomic E-state index is -0.218. The second kappa shape index (κ2) is 8.43. The Bertz CT molecular complexity index is 700. The average molecular weight is 343 g/mol. The molecule has 3 heterocycles. The van der Waals surface area contributed by atoms with E-state index >= 15 is 0 Å². The van der Waals surface area contributed by atoms with Gasteiger partial charge in [0.2, 0.25) is 11.8 Å². The van der Waals surface area contributed by atoms with Gasteiger partial charge in [0.1, 0.15) is 6.61 Å². The second-order valence-corrected chi connectivity index (χ2v) is 5.69. The summed E-state index contributed by atoms with van der Waals surface area (Å²) in [5.41, 5.74) is 1.27. The summed E-state index contributed by atoms with van der Waals surface area (Å²) >= 11 is 0. The number of methoxy groups -OCH3 is 1. The number of amides is 1. The van der Waals surface area contributed by atoms with Crippen LogP contribution in [0.25, 0.3) is 0 Å². The highest BCUT2D eigenvalue weighted by molar-refractivity contribution is 5.93. The van der Waals surface area contributed by atoms with E-state index in [-0.39, 0.29) is 12.0 Å². The molecule has 1 aliphatic rings. The molecule has 0 aliphatic carbocycles. The molecule has 0 spiro atoms. The first kappa shape index (κ1) is 17.2. The maximum atomic E-state index is 12.2. The minimum Gasteiger partial charge on any atom is -0.481 e. The fourth-order valence-corrected chi connectivity index (χ4v) is 2.57. The van der Waals surface area contributed by atoms with Gasteiger partial charge in [-0.15, -0.1) is 0 Å². The topological polar surface area (TPSA) is 82.6 Å². The zero-order valence-electron chi connectivity index (χ0n) is 14.1. The molecule has 1 fully saturated rings. The van der Waals surface area contributed by atoms with Crippen LogP contribution in [0.5, 0.6) is 11.8 Å². The van der Waals surface area contributed by atoms with Crippen molar-refractivity contribution in [2.75, 3.05) is 20.3 Å². The Morgan fingerprint density at radius 2 is 2.28 bits per heavy atom. The lowest BCUT2D eigenvalue weighted by molar-refractivity contribution is 0.0663. The van der Waals surface area contributed by atoms with E-state index in [9.17, 15) is 4.79 Å². The Kier molecular flexibility index (Phi) is 5.79. The molecule has 132 valence electrons. The van der Waals surface area contributed by atoms with Gasteiger partial charge in [-0.2, -0.15) is 0 Å². The molecule has 1 amide bonds. The molecule has 1 aliphatic heterocycles. The normalized spacial score (nSPS) is 16.4. The number of hydrogen-bond acceptors (Lipinski definition) is 6. The first-order valence-corrected chi connectivity index (χ1v) is 8.23. The Morgan fingerprint density at radius 3 is 3.00 bits per heavy atom. The highest BCUT2D eigenvalue weighted by Crippen LogP contribution is 2.15. The van der Waals surface area contributed by atoms with Crippen molar-refractivity contribution in [1.29, 1.82) is 0 Å². The standard InChI is InChI=1S/C18H21N3O4/c1-23-18-14(4-2-8-19-18)11-21-17(22)13-6-7-16(20-10-13)25-12-15-5-3-9-24-15/h2,4,6-8,10,15H,3,5,9,11-12H2,1H3,(H,21,22)/t15-/m0/s1. The summed E-state index contributed by atoms with van der Waals surface area (Å²) in [6.07, 6.45) is 5.37. The Morgan fingerprint density at radius 1 is 1.36 bits per heavy atom. The van der Waals surface area contributed by atoms with Crippen LogP contribution in [-0.4, -0.2) is 42.3 Å². The molecule has 7 nitrogen and oxygen atoms in total. The molecular formula is C18H21N3O4. The van der Waals surface area contributed by atoms with Crippen LogP contribution in [0.4, 0.5) is 0 Å². The zero-order valence-corrected chi connectivity index (χ0v) is 14.1. The number of nitrogens with one attached hydrogen (secondary N) is 1. The van der Waals surface area contributed by atoms with Crippen molar-refractivity contribution < 1.29 is 19.0 Å². The van der Waals surface area contributed by atoms with E-state index in [1.165, 1.54) is 6.20 Å². The third-order valence-corrected chi connectivity index (χ3v) is 3.92. The number of carbonyl (C=O) groups is 1. The van der Waals surface area contributed by atoms with Crippen LogP contribution in [0, 0.1) is 0 Å². The highest BCUT2D eigenvalue weighted by atomic mass is 16.5. The van der Waals surface area contributed by atoms with Crippen LogP contribution < -0.4 is 14.8 Å². The van der Waals surface area contributed by atoms with Gasteiger partial charge in [0.05, 0.1) is 18.8 Å². The molecule has 0 saturated carbocycles. The predicted octanol–water partition coefficient (Wildman–Crippen LogP) is 1.97. The molecule has 0 bridgehead atoms.